The van der Waals surface area contributed by atoms with Crippen molar-refractivity contribution in [2.75, 3.05) is 277 Å². The number of fused-ring (bicyclic) bond motifs is 3. The summed E-state index contributed by atoms with van der Waals surface area (Å²) in [5, 5.41) is 26.8. The summed E-state index contributed by atoms with van der Waals surface area (Å²) in [7, 11) is -1.48. The normalized spacial score (nSPS) is 14.3. The first-order valence-electron chi connectivity index (χ1n) is 43.2. The third kappa shape index (κ3) is 50.8. The molecular weight excluding hydrogens is 1630 g/mol. The monoisotopic (exact) mass is 1770 g/mol. The van der Waals surface area contributed by atoms with Gasteiger partial charge in [-0.25, -0.2) is 14.4 Å². The van der Waals surface area contributed by atoms with Crippen molar-refractivity contribution < 1.29 is 142 Å². The number of piperidine rings is 1. The van der Waals surface area contributed by atoms with E-state index in [-0.39, 0.29) is 281 Å². The number of carbonyl (C=O) groups is 9. The lowest BCUT2D eigenvalue weighted by Crippen LogP contribution is -2.62. The molecule has 0 aromatic heterocycles. The summed E-state index contributed by atoms with van der Waals surface area (Å²) in [6, 6.07) is 12.2. The number of esters is 2. The van der Waals surface area contributed by atoms with Gasteiger partial charge in [0.05, 0.1) is 184 Å². The zero-order valence-corrected chi connectivity index (χ0v) is 72.1. The van der Waals surface area contributed by atoms with Crippen LogP contribution in [0.25, 0.3) is 11.1 Å². The second-order valence-corrected chi connectivity index (χ2v) is 27.7. The van der Waals surface area contributed by atoms with Gasteiger partial charge >= 0.3 is 18.0 Å². The summed E-state index contributed by atoms with van der Waals surface area (Å²) in [5.41, 5.74) is 4.11. The summed E-state index contributed by atoms with van der Waals surface area (Å²) < 4.78 is 133. The molecule has 1 heterocycles. The van der Waals surface area contributed by atoms with Crippen LogP contribution in [0.1, 0.15) is 75.8 Å². The maximum Gasteiger partial charge on any atom is 0.413 e. The van der Waals surface area contributed by atoms with Crippen molar-refractivity contribution in [3.8, 4) is 11.1 Å². The summed E-state index contributed by atoms with van der Waals surface area (Å²) in [5.74, 6) is -4.75. The number of amides is 7. The van der Waals surface area contributed by atoms with Crippen LogP contribution >= 0.6 is 11.9 Å². The first-order chi connectivity index (χ1) is 61.4. The molecule has 0 spiro atoms. The van der Waals surface area contributed by atoms with Gasteiger partial charge in [0.1, 0.15) is 77.8 Å². The Hall–Kier alpha value is -7.89. The number of ether oxygens (including phenoxy) is 19. The molecule has 4 atom stereocenters. The molecule has 694 valence electrons. The molecule has 2 aliphatic rings. The molecule has 7 amide bonds. The Balaban J connectivity index is 1.13. The molecule has 7 N–H and O–H groups in total. The number of aliphatic hydroxyl groups excluding tert-OH is 1. The Kier molecular flexibility index (Phi) is 59.2. The third-order valence-corrected chi connectivity index (χ3v) is 18.2. The molecule has 1 aliphatic heterocycles. The first kappa shape index (κ1) is 102. The molecule has 4 rings (SSSR count). The molecular formula is C82H132BN9O30S. The number of guanidine groups is 1. The van der Waals surface area contributed by atoms with Crippen LogP contribution in [0.3, 0.4) is 0 Å². The van der Waals surface area contributed by atoms with E-state index in [1.807, 2.05) is 48.5 Å². The lowest BCUT2D eigenvalue weighted by Gasteiger charge is -2.39. The van der Waals surface area contributed by atoms with Gasteiger partial charge in [-0.3, -0.25) is 39.5 Å². The van der Waals surface area contributed by atoms with Crippen LogP contribution in [0, 0.1) is 5.41 Å². The van der Waals surface area contributed by atoms with Crippen molar-refractivity contribution in [1.29, 1.82) is 9.51 Å². The van der Waals surface area contributed by atoms with Crippen molar-refractivity contribution in [2.24, 2.45) is 0 Å². The number of hydrogen-bond donors (Lipinski definition) is 7. The zero-order valence-electron chi connectivity index (χ0n) is 74.3. The fourth-order valence-electron chi connectivity index (χ4n) is 11.6. The number of nitrogens with zero attached hydrogens (tertiary/aromatic N) is 3. The average molecular weight is 1770 g/mol. The number of rotatable bonds is 79. The minimum Gasteiger partial charge on any atom is -0.460 e. The molecule has 41 heteroatoms. The Morgan fingerprint density at radius 1 is 0.561 bits per heavy atom. The van der Waals surface area contributed by atoms with Crippen molar-refractivity contribution in [3.05, 3.63) is 85.0 Å². The lowest BCUT2D eigenvalue weighted by molar-refractivity contribution is -0.149. The fraction of sp³-hybridized carbons (Fsp3) is 0.683. The average Bonchev–Trinajstić information content (AvgIpc) is 1.61. The third-order valence-electron chi connectivity index (χ3n) is 18.0. The highest BCUT2D eigenvalue weighted by Gasteiger charge is 2.36. The molecule has 2 aromatic rings. The lowest BCUT2D eigenvalue weighted by atomic mass is 9.98. The number of hydrogen-bond acceptors (Lipinski definition) is 32. The molecule has 123 heavy (non-hydrogen) atoms. The second kappa shape index (κ2) is 71.3. The summed E-state index contributed by atoms with van der Waals surface area (Å²) >= 11 is 0.429. The van der Waals surface area contributed by atoms with Crippen LogP contribution in [-0.2, 0) is 133 Å². The number of carbonyl (C=O) groups excluding carboxylic acids is 9. The number of likely N-dealkylation sites (tertiary alicyclic amines) is 1. The minimum atomic E-state index is -1.48. The van der Waals surface area contributed by atoms with E-state index in [0.29, 0.717) is 31.3 Å². The number of alkyl carbamates (subject to hydrolysis) is 1. The summed E-state index contributed by atoms with van der Waals surface area (Å²) in [6.07, 6.45) is 7.00. The van der Waals surface area contributed by atoms with Crippen LogP contribution in [0.15, 0.2) is 73.8 Å². The van der Waals surface area contributed by atoms with Gasteiger partial charge in [-0.15, -0.1) is 0 Å². The maximum atomic E-state index is 13.6. The van der Waals surface area contributed by atoms with Gasteiger partial charge in [0.25, 0.3) is 0 Å². The molecule has 4 unspecified atom stereocenters. The van der Waals surface area contributed by atoms with E-state index in [9.17, 15) is 43.2 Å². The smallest absolute Gasteiger partial charge is 0.413 e. The van der Waals surface area contributed by atoms with Crippen molar-refractivity contribution in [1.82, 2.24) is 41.3 Å². The van der Waals surface area contributed by atoms with E-state index < -0.39 is 86.3 Å². The van der Waals surface area contributed by atoms with E-state index in [0.717, 1.165) is 47.9 Å². The van der Waals surface area contributed by atoms with Crippen LogP contribution in [0.5, 0.6) is 0 Å². The largest absolute Gasteiger partial charge is 0.460 e. The van der Waals surface area contributed by atoms with E-state index >= 15 is 0 Å². The predicted molar refractivity (Wildman–Crippen MR) is 452 cm³/mol. The van der Waals surface area contributed by atoms with E-state index in [4.69, 9.17) is 109 Å². The van der Waals surface area contributed by atoms with Crippen LogP contribution in [0.4, 0.5) is 4.79 Å². The molecule has 0 radical (unpaired) electrons. The van der Waals surface area contributed by atoms with Crippen molar-refractivity contribution >= 4 is 78.4 Å². The van der Waals surface area contributed by atoms with Crippen molar-refractivity contribution in [2.45, 2.75) is 89.1 Å². The number of benzene rings is 2. The van der Waals surface area contributed by atoms with Gasteiger partial charge in [-0.2, -0.15) is 0 Å². The first-order valence-corrected chi connectivity index (χ1v) is 42.4. The fourth-order valence-corrected chi connectivity index (χ4v) is 11.9. The standard InChI is InChI=1S/C82H132BN9O30S/c1-5-8-9-10-15-22-85-72(93)58-113-50-44-107-38-34-103-30-24-90(74(95)60-115-52-46-111-42-43-112-47-53-116-61-75(96)91(26-32-105-36-40-109-48-54-117-62-76(97)119-28-6-2)27-33-106-37-41-110-49-55-118-63-77(98)120-29-7-3)25-31-104-35-39-108-45-51-114-59-73(94)87-71(57-122-123-83)79(100)86-64(4)78(99)88-70-21-16-23-92(80(70)101)81(84)89-82(102)121-56-69-67-19-13-11-17-65(67)66-18-12-14-20-68(66)69/h6-7,11-14,17-20,64,69-71,80,101H,2-3,5,8-10,15-16,21-63,83H2,1,4H3,(H,85,93)(H,86,100)(H,87,94)(H,88,99)(H2,84,89,102)/i83TD,101T. The molecule has 1 fully saturated rings. The van der Waals surface area contributed by atoms with E-state index in [2.05, 4.69) is 46.7 Å². The van der Waals surface area contributed by atoms with Gasteiger partial charge in [0.2, 0.25) is 49.9 Å². The van der Waals surface area contributed by atoms with E-state index in [1.54, 1.807) is 4.90 Å². The highest BCUT2D eigenvalue weighted by molar-refractivity contribution is 8.15. The molecule has 1 saturated heterocycles. The number of nitrogens with one attached hydrogen (secondary N) is 6. The van der Waals surface area contributed by atoms with Gasteiger partial charge in [0, 0.05) is 45.2 Å². The van der Waals surface area contributed by atoms with Gasteiger partial charge in [-0.1, -0.05) is 118 Å². The van der Waals surface area contributed by atoms with Crippen LogP contribution in [-0.4, -0.2) is 392 Å². The number of aliphatic hydroxyl groups is 1. The van der Waals surface area contributed by atoms with E-state index in [1.165, 1.54) is 35.3 Å². The quantitative estimate of drug-likeness (QED) is 0.00710. The topological polar surface area (TPSA) is 452 Å². The van der Waals surface area contributed by atoms with Gasteiger partial charge < -0.3 is 135 Å². The number of unbranched alkanes of at least 4 members (excludes halogenated alkanes) is 4. The highest BCUT2D eigenvalue weighted by atomic mass is 32.2. The highest BCUT2D eigenvalue weighted by Crippen LogP contribution is 2.44. The Bertz CT molecular complexity index is 3300. The Morgan fingerprint density at radius 3 is 1.41 bits per heavy atom. The van der Waals surface area contributed by atoms with Gasteiger partial charge in [-0.05, 0) is 51.1 Å². The zero-order chi connectivity index (χ0) is 91.1. The van der Waals surface area contributed by atoms with Crippen LogP contribution in [0.2, 0.25) is 0 Å². The summed E-state index contributed by atoms with van der Waals surface area (Å²) in [6.45, 7) is 15.1. The Labute approximate surface area is 730 Å². The molecule has 2 aromatic carbocycles. The Morgan fingerprint density at radius 2 is 0.976 bits per heavy atom. The maximum absolute atomic E-state index is 13.6. The molecule has 0 saturated carbocycles. The SMILES string of the molecule is [2H]B([3H])SOCC(NC(=O)COCCOCCOCCN(CCOCCOCCOCC(=O)NCCCCCCC)C(=O)COCCOCCOCCOCC(=O)N(CCOCCOCCOCC(=O)OCC=C)CCOCCOCCOCC(=O)OCC=C)C(=O)NC(C)C(=O)NC1CCCN(C(=N)NC(=O)OCC2c3ccccc3-c3ccccc32)C1O[3H]. The molecule has 1 aliphatic carbocycles. The second-order valence-electron chi connectivity index (χ2n) is 27.3. The van der Waals surface area contributed by atoms with Crippen LogP contribution < -0.4 is 26.6 Å². The van der Waals surface area contributed by atoms with Crippen molar-refractivity contribution in [3.63, 3.8) is 0 Å². The minimum absolute atomic E-state index is 0.000171. The van der Waals surface area contributed by atoms with Gasteiger partial charge in [0.15, 0.2) is 0 Å². The summed E-state index contributed by atoms with van der Waals surface area (Å²) in [4.78, 5) is 120. The predicted octanol–water partition coefficient (Wildman–Crippen LogP) is 1.03. The molecule has 39 nitrogen and oxygen atoms in total. The molecule has 0 bridgehead atoms.